The van der Waals surface area contributed by atoms with E-state index < -0.39 is 0 Å². The zero-order valence-electron chi connectivity index (χ0n) is 16.6. The van der Waals surface area contributed by atoms with Crippen LogP contribution in [-0.2, 0) is 6.54 Å². The van der Waals surface area contributed by atoms with Crippen LogP contribution in [0.1, 0.15) is 42.9 Å². The SMILES string of the molecule is CC(C)Oc1ccc([C@@H](CCNCc2ccc(O)cc2)c2ccccc2)cc1. The van der Waals surface area contributed by atoms with Crippen molar-refractivity contribution in [1.29, 1.82) is 0 Å². The molecule has 28 heavy (non-hydrogen) atoms. The average Bonchev–Trinajstić information content (AvgIpc) is 2.70. The van der Waals surface area contributed by atoms with Gasteiger partial charge in [-0.15, -0.1) is 0 Å². The maximum Gasteiger partial charge on any atom is 0.119 e. The third-order valence-corrected chi connectivity index (χ3v) is 4.73. The molecular weight excluding hydrogens is 346 g/mol. The standard InChI is InChI=1S/C25H29NO2/c1-19(2)28-24-14-10-22(11-15-24)25(21-6-4-3-5-7-21)16-17-26-18-20-8-12-23(27)13-9-20/h3-15,19,25-27H,16-18H2,1-2H3/t25-/m0/s1. The molecule has 3 rings (SSSR count). The molecule has 0 aliphatic rings. The highest BCUT2D eigenvalue weighted by atomic mass is 16.5. The molecule has 0 saturated carbocycles. The number of aromatic hydroxyl groups is 1. The lowest BCUT2D eigenvalue weighted by Gasteiger charge is -2.19. The minimum atomic E-state index is 0.180. The van der Waals surface area contributed by atoms with Crippen molar-refractivity contribution < 1.29 is 9.84 Å². The van der Waals surface area contributed by atoms with Crippen LogP contribution >= 0.6 is 0 Å². The van der Waals surface area contributed by atoms with E-state index in [0.29, 0.717) is 11.7 Å². The molecule has 0 spiro atoms. The molecule has 0 radical (unpaired) electrons. The molecule has 0 saturated heterocycles. The fraction of sp³-hybridized carbons (Fsp3) is 0.280. The van der Waals surface area contributed by atoms with Crippen molar-refractivity contribution in [2.24, 2.45) is 0 Å². The monoisotopic (exact) mass is 375 g/mol. The molecule has 3 nitrogen and oxygen atoms in total. The maximum absolute atomic E-state index is 9.39. The van der Waals surface area contributed by atoms with Gasteiger partial charge in [0.1, 0.15) is 11.5 Å². The van der Waals surface area contributed by atoms with Crippen LogP contribution in [0.25, 0.3) is 0 Å². The first kappa shape index (κ1) is 20.0. The summed E-state index contributed by atoms with van der Waals surface area (Å²) in [6.45, 7) is 5.79. The second kappa shape index (κ2) is 9.95. The molecule has 3 aromatic rings. The Morgan fingerprint density at radius 1 is 0.821 bits per heavy atom. The lowest BCUT2D eigenvalue weighted by Crippen LogP contribution is -2.17. The third-order valence-electron chi connectivity index (χ3n) is 4.73. The Labute approximate surface area is 168 Å². The number of ether oxygens (including phenoxy) is 1. The summed E-state index contributed by atoms with van der Waals surface area (Å²) in [6, 6.07) is 26.5. The van der Waals surface area contributed by atoms with E-state index in [1.54, 1.807) is 12.1 Å². The normalized spacial score (nSPS) is 12.1. The Bertz CT molecular complexity index is 827. The predicted molar refractivity (Wildman–Crippen MR) is 115 cm³/mol. The van der Waals surface area contributed by atoms with E-state index in [1.807, 2.05) is 26.0 Å². The molecule has 0 aromatic heterocycles. The first-order chi connectivity index (χ1) is 13.6. The van der Waals surface area contributed by atoms with Crippen molar-refractivity contribution in [3.63, 3.8) is 0 Å². The fourth-order valence-electron chi connectivity index (χ4n) is 3.35. The highest BCUT2D eigenvalue weighted by Gasteiger charge is 2.14. The van der Waals surface area contributed by atoms with Crippen LogP contribution in [0.2, 0.25) is 0 Å². The zero-order chi connectivity index (χ0) is 19.8. The second-order valence-electron chi connectivity index (χ2n) is 7.33. The summed E-state index contributed by atoms with van der Waals surface area (Å²) in [4.78, 5) is 0. The van der Waals surface area contributed by atoms with Gasteiger partial charge in [0.2, 0.25) is 0 Å². The number of phenols is 1. The number of hydrogen-bond donors (Lipinski definition) is 2. The van der Waals surface area contributed by atoms with Crippen LogP contribution in [-0.4, -0.2) is 17.8 Å². The Morgan fingerprint density at radius 2 is 1.46 bits per heavy atom. The quantitative estimate of drug-likeness (QED) is 0.486. The van der Waals surface area contributed by atoms with Gasteiger partial charge in [-0.25, -0.2) is 0 Å². The molecule has 3 heteroatoms. The van der Waals surface area contributed by atoms with E-state index >= 15 is 0 Å². The number of rotatable bonds is 9. The van der Waals surface area contributed by atoms with Gasteiger partial charge in [0.25, 0.3) is 0 Å². The van der Waals surface area contributed by atoms with Gasteiger partial charge in [-0.1, -0.05) is 54.6 Å². The highest BCUT2D eigenvalue weighted by molar-refractivity contribution is 5.36. The van der Waals surface area contributed by atoms with Crippen molar-refractivity contribution in [2.75, 3.05) is 6.54 Å². The largest absolute Gasteiger partial charge is 0.508 e. The summed E-state index contributed by atoms with van der Waals surface area (Å²) in [5.41, 5.74) is 3.80. The van der Waals surface area contributed by atoms with Crippen LogP contribution in [0, 0.1) is 0 Å². The topological polar surface area (TPSA) is 41.5 Å². The fourth-order valence-corrected chi connectivity index (χ4v) is 3.35. The molecule has 0 fully saturated rings. The van der Waals surface area contributed by atoms with E-state index in [2.05, 4.69) is 59.9 Å². The minimum Gasteiger partial charge on any atom is -0.508 e. The van der Waals surface area contributed by atoms with Gasteiger partial charge in [-0.05, 0) is 67.8 Å². The van der Waals surface area contributed by atoms with Crippen molar-refractivity contribution >= 4 is 0 Å². The molecule has 146 valence electrons. The first-order valence-electron chi connectivity index (χ1n) is 9.92. The van der Waals surface area contributed by atoms with E-state index in [0.717, 1.165) is 25.3 Å². The predicted octanol–water partition coefficient (Wildman–Crippen LogP) is 5.49. The van der Waals surface area contributed by atoms with Gasteiger partial charge in [0.15, 0.2) is 0 Å². The van der Waals surface area contributed by atoms with Gasteiger partial charge < -0.3 is 15.2 Å². The first-order valence-corrected chi connectivity index (χ1v) is 9.92. The molecule has 0 aliphatic heterocycles. The van der Waals surface area contributed by atoms with Crippen LogP contribution in [0.3, 0.4) is 0 Å². The second-order valence-corrected chi connectivity index (χ2v) is 7.33. The Balaban J connectivity index is 1.65. The molecule has 0 unspecified atom stereocenters. The van der Waals surface area contributed by atoms with E-state index in [4.69, 9.17) is 4.74 Å². The highest BCUT2D eigenvalue weighted by Crippen LogP contribution is 2.29. The summed E-state index contributed by atoms with van der Waals surface area (Å²) >= 11 is 0. The van der Waals surface area contributed by atoms with E-state index in [9.17, 15) is 5.11 Å². The summed E-state index contributed by atoms with van der Waals surface area (Å²) < 4.78 is 5.78. The number of hydrogen-bond acceptors (Lipinski definition) is 3. The molecule has 0 aliphatic carbocycles. The number of benzene rings is 3. The van der Waals surface area contributed by atoms with E-state index in [-0.39, 0.29) is 6.10 Å². The van der Waals surface area contributed by atoms with Crippen LogP contribution in [0.5, 0.6) is 11.5 Å². The lowest BCUT2D eigenvalue weighted by atomic mass is 9.88. The average molecular weight is 376 g/mol. The molecule has 3 aromatic carbocycles. The van der Waals surface area contributed by atoms with Gasteiger partial charge in [0.05, 0.1) is 6.10 Å². The summed E-state index contributed by atoms with van der Waals surface area (Å²) in [7, 11) is 0. The van der Waals surface area contributed by atoms with Gasteiger partial charge in [-0.3, -0.25) is 0 Å². The van der Waals surface area contributed by atoms with Crippen molar-refractivity contribution in [3.8, 4) is 11.5 Å². The Morgan fingerprint density at radius 3 is 2.11 bits per heavy atom. The number of nitrogens with one attached hydrogen (secondary N) is 1. The van der Waals surface area contributed by atoms with Crippen molar-refractivity contribution in [1.82, 2.24) is 5.32 Å². The van der Waals surface area contributed by atoms with Crippen molar-refractivity contribution in [2.45, 2.75) is 38.8 Å². The van der Waals surface area contributed by atoms with E-state index in [1.165, 1.54) is 16.7 Å². The third kappa shape index (κ3) is 5.86. The molecule has 0 heterocycles. The molecule has 2 N–H and O–H groups in total. The zero-order valence-corrected chi connectivity index (χ0v) is 16.6. The van der Waals surface area contributed by atoms with Crippen LogP contribution in [0.15, 0.2) is 78.9 Å². The summed E-state index contributed by atoms with van der Waals surface area (Å²) in [5.74, 6) is 1.55. The lowest BCUT2D eigenvalue weighted by molar-refractivity contribution is 0.242. The number of phenolic OH excluding ortho intramolecular Hbond substituents is 1. The summed E-state index contributed by atoms with van der Waals surface area (Å²) in [5, 5.41) is 12.9. The van der Waals surface area contributed by atoms with Gasteiger partial charge >= 0.3 is 0 Å². The van der Waals surface area contributed by atoms with Crippen LogP contribution < -0.4 is 10.1 Å². The Kier molecular flexibility index (Phi) is 7.10. The smallest absolute Gasteiger partial charge is 0.119 e. The van der Waals surface area contributed by atoms with Gasteiger partial charge in [0, 0.05) is 12.5 Å². The van der Waals surface area contributed by atoms with Crippen molar-refractivity contribution in [3.05, 3.63) is 95.6 Å². The Hall–Kier alpha value is -2.78. The summed E-state index contributed by atoms with van der Waals surface area (Å²) in [6.07, 6.45) is 1.19. The molecule has 0 amide bonds. The molecular formula is C25H29NO2. The van der Waals surface area contributed by atoms with Crippen LogP contribution in [0.4, 0.5) is 0 Å². The minimum absolute atomic E-state index is 0.180. The maximum atomic E-state index is 9.39. The van der Waals surface area contributed by atoms with Gasteiger partial charge in [-0.2, -0.15) is 0 Å². The molecule has 1 atom stereocenters. The molecule has 0 bridgehead atoms.